The van der Waals surface area contributed by atoms with Crippen LogP contribution in [-0.2, 0) is 11.8 Å². The van der Waals surface area contributed by atoms with Gasteiger partial charge in [-0.05, 0) is 37.3 Å². The van der Waals surface area contributed by atoms with E-state index in [2.05, 4.69) is 31.4 Å². The molecule has 0 aliphatic carbocycles. The summed E-state index contributed by atoms with van der Waals surface area (Å²) in [5, 5.41) is 11.4. The van der Waals surface area contributed by atoms with Crippen LogP contribution in [-0.4, -0.2) is 26.4 Å². The van der Waals surface area contributed by atoms with E-state index in [0.717, 1.165) is 5.75 Å². The molecule has 0 unspecified atom stereocenters. The van der Waals surface area contributed by atoms with Crippen molar-refractivity contribution in [2.45, 2.75) is 18.2 Å². The Morgan fingerprint density at radius 1 is 1.29 bits per heavy atom. The van der Waals surface area contributed by atoms with Crippen molar-refractivity contribution < 1.29 is 13.9 Å². The van der Waals surface area contributed by atoms with E-state index >= 15 is 0 Å². The van der Waals surface area contributed by atoms with Crippen LogP contribution in [0.5, 0.6) is 5.75 Å². The molecule has 1 amide bonds. The fourth-order valence-electron chi connectivity index (χ4n) is 2.47. The molecule has 0 radical (unpaired) electrons. The van der Waals surface area contributed by atoms with E-state index in [4.69, 9.17) is 4.74 Å². The van der Waals surface area contributed by atoms with Crippen LogP contribution < -0.4 is 10.1 Å². The number of carbonyl (C=O) groups is 1. The lowest BCUT2D eigenvalue weighted by atomic mass is 10.3. The Labute approximate surface area is 174 Å². The molecule has 0 bridgehead atoms. The topological polar surface area (TPSA) is 69.0 Å². The lowest BCUT2D eigenvalue weighted by Gasteiger charge is -2.14. The first-order valence-corrected chi connectivity index (χ1v) is 10.2. The maximum atomic E-state index is 13.8. The average molecular weight is 465 g/mol. The van der Waals surface area contributed by atoms with Crippen LogP contribution in [0.25, 0.3) is 0 Å². The van der Waals surface area contributed by atoms with Crippen LogP contribution in [0.1, 0.15) is 18.9 Å². The molecule has 3 aromatic rings. The molecule has 146 valence electrons. The van der Waals surface area contributed by atoms with Gasteiger partial charge in [0.15, 0.2) is 17.1 Å². The molecular weight excluding hydrogens is 447 g/mol. The quantitative estimate of drug-likeness (QED) is 0.517. The third kappa shape index (κ3) is 5.11. The third-order valence-corrected chi connectivity index (χ3v) is 5.34. The zero-order chi connectivity index (χ0) is 20.1. The molecule has 6 nitrogen and oxygen atoms in total. The molecular formula is C19H18BrFN4O2S. The molecule has 28 heavy (non-hydrogen) atoms. The lowest BCUT2D eigenvalue weighted by molar-refractivity contribution is -0.113. The predicted molar refractivity (Wildman–Crippen MR) is 110 cm³/mol. The molecule has 1 aromatic heterocycles. The van der Waals surface area contributed by atoms with Gasteiger partial charge in [0.05, 0.1) is 11.4 Å². The number of halogens is 2. The Kier molecular flexibility index (Phi) is 6.69. The molecule has 9 heteroatoms. The highest BCUT2D eigenvalue weighted by molar-refractivity contribution is 9.10. The largest absolute Gasteiger partial charge is 0.483 e. The molecule has 1 N–H and O–H groups in total. The molecule has 0 aliphatic heterocycles. The number of hydrogen-bond donors (Lipinski definition) is 1. The van der Waals surface area contributed by atoms with Crippen molar-refractivity contribution >= 4 is 39.3 Å². The molecule has 1 heterocycles. The van der Waals surface area contributed by atoms with E-state index in [-0.39, 0.29) is 23.5 Å². The van der Waals surface area contributed by atoms with E-state index in [1.54, 1.807) is 10.6 Å². The van der Waals surface area contributed by atoms with Crippen LogP contribution in [0.2, 0.25) is 0 Å². The molecule has 2 aromatic carbocycles. The summed E-state index contributed by atoms with van der Waals surface area (Å²) in [5.74, 6) is 0.633. The first kappa shape index (κ1) is 20.3. The number of hydrogen-bond acceptors (Lipinski definition) is 5. The van der Waals surface area contributed by atoms with Gasteiger partial charge in [0.1, 0.15) is 11.6 Å². The number of carbonyl (C=O) groups excluding carboxylic acids is 1. The number of nitrogens with zero attached hydrogens (tertiary/aromatic N) is 3. The van der Waals surface area contributed by atoms with Crippen molar-refractivity contribution in [1.82, 2.24) is 14.8 Å². The number of rotatable bonds is 7. The smallest absolute Gasteiger partial charge is 0.234 e. The van der Waals surface area contributed by atoms with Crippen LogP contribution >= 0.6 is 27.7 Å². The summed E-state index contributed by atoms with van der Waals surface area (Å²) in [6.45, 7) is 1.88. The van der Waals surface area contributed by atoms with Gasteiger partial charge in [0.2, 0.25) is 5.91 Å². The van der Waals surface area contributed by atoms with Crippen molar-refractivity contribution in [2.24, 2.45) is 7.05 Å². The van der Waals surface area contributed by atoms with E-state index in [1.807, 2.05) is 44.3 Å². The molecule has 0 saturated heterocycles. The minimum Gasteiger partial charge on any atom is -0.483 e. The van der Waals surface area contributed by atoms with Gasteiger partial charge in [0.25, 0.3) is 0 Å². The Bertz CT molecular complexity index is 968. The Balaban J connectivity index is 1.58. The van der Waals surface area contributed by atoms with Crippen LogP contribution in [0.4, 0.5) is 10.1 Å². The van der Waals surface area contributed by atoms with Crippen molar-refractivity contribution in [2.75, 3.05) is 11.1 Å². The summed E-state index contributed by atoms with van der Waals surface area (Å²) in [5.41, 5.74) is 0.136. The summed E-state index contributed by atoms with van der Waals surface area (Å²) < 4.78 is 22.1. The summed E-state index contributed by atoms with van der Waals surface area (Å²) in [6.07, 6.45) is -0.306. The second kappa shape index (κ2) is 9.20. The van der Waals surface area contributed by atoms with E-state index in [0.29, 0.717) is 15.5 Å². The SMILES string of the molecule is C[C@H](Oc1ccccc1)c1nnc(SCC(=O)Nc2ccc(Br)cc2F)n1C. The lowest BCUT2D eigenvalue weighted by Crippen LogP contribution is -2.15. The number of amides is 1. The van der Waals surface area contributed by atoms with Gasteiger partial charge in [-0.1, -0.05) is 45.9 Å². The monoisotopic (exact) mass is 464 g/mol. The molecule has 0 fully saturated rings. The molecule has 1 atom stereocenters. The van der Waals surface area contributed by atoms with Gasteiger partial charge in [0, 0.05) is 11.5 Å². The van der Waals surface area contributed by atoms with Crippen molar-refractivity contribution in [3.05, 3.63) is 64.6 Å². The second-order valence-corrected chi connectivity index (χ2v) is 7.79. The summed E-state index contributed by atoms with van der Waals surface area (Å²) in [4.78, 5) is 12.1. The Hall–Kier alpha value is -2.39. The zero-order valence-electron chi connectivity index (χ0n) is 15.2. The number of anilines is 1. The van der Waals surface area contributed by atoms with Gasteiger partial charge in [-0.2, -0.15) is 0 Å². The van der Waals surface area contributed by atoms with Gasteiger partial charge in [-0.15, -0.1) is 10.2 Å². The standard InChI is InChI=1S/C19H18BrFN4O2S/c1-12(27-14-6-4-3-5-7-14)18-23-24-19(25(18)2)28-11-17(26)22-16-9-8-13(20)10-15(16)21/h3-10,12H,11H2,1-2H3,(H,22,26)/t12-/m0/s1. The summed E-state index contributed by atoms with van der Waals surface area (Å²) in [6, 6.07) is 13.9. The number of ether oxygens (including phenoxy) is 1. The second-order valence-electron chi connectivity index (χ2n) is 5.93. The van der Waals surface area contributed by atoms with Crippen molar-refractivity contribution in [1.29, 1.82) is 0 Å². The predicted octanol–water partition coefficient (Wildman–Crippen LogP) is 4.59. The summed E-state index contributed by atoms with van der Waals surface area (Å²) >= 11 is 4.40. The maximum absolute atomic E-state index is 13.8. The number of aromatic nitrogens is 3. The fourth-order valence-corrected chi connectivity index (χ4v) is 3.52. The highest BCUT2D eigenvalue weighted by atomic mass is 79.9. The molecule has 0 saturated carbocycles. The van der Waals surface area contributed by atoms with Gasteiger partial charge >= 0.3 is 0 Å². The number of thioether (sulfide) groups is 1. The zero-order valence-corrected chi connectivity index (χ0v) is 17.6. The van der Waals surface area contributed by atoms with E-state index in [9.17, 15) is 9.18 Å². The molecule has 0 aliphatic rings. The Morgan fingerprint density at radius 2 is 2.04 bits per heavy atom. The normalized spacial score (nSPS) is 11.9. The minimum absolute atomic E-state index is 0.0788. The van der Waals surface area contributed by atoms with Gasteiger partial charge < -0.3 is 14.6 Å². The third-order valence-electron chi connectivity index (χ3n) is 3.83. The fraction of sp³-hybridized carbons (Fsp3) is 0.211. The van der Waals surface area contributed by atoms with Crippen LogP contribution in [0.3, 0.4) is 0 Å². The number of para-hydroxylation sites is 1. The number of benzene rings is 2. The van der Waals surface area contributed by atoms with Crippen LogP contribution in [0.15, 0.2) is 58.2 Å². The van der Waals surface area contributed by atoms with Crippen molar-refractivity contribution in [3.8, 4) is 5.75 Å². The Morgan fingerprint density at radius 3 is 2.75 bits per heavy atom. The van der Waals surface area contributed by atoms with Crippen molar-refractivity contribution in [3.63, 3.8) is 0 Å². The molecule has 3 rings (SSSR count). The first-order valence-electron chi connectivity index (χ1n) is 8.42. The van der Waals surface area contributed by atoms with E-state index < -0.39 is 5.82 Å². The molecule has 0 spiro atoms. The van der Waals surface area contributed by atoms with E-state index in [1.165, 1.54) is 23.9 Å². The van der Waals surface area contributed by atoms with Crippen LogP contribution in [0, 0.1) is 5.82 Å². The average Bonchev–Trinajstić information content (AvgIpc) is 3.04. The minimum atomic E-state index is -0.499. The number of nitrogens with one attached hydrogen (secondary N) is 1. The highest BCUT2D eigenvalue weighted by Crippen LogP contribution is 2.24. The summed E-state index contributed by atoms with van der Waals surface area (Å²) in [7, 11) is 1.81. The van der Waals surface area contributed by atoms with Gasteiger partial charge in [-0.25, -0.2) is 4.39 Å². The first-order chi connectivity index (χ1) is 13.4. The maximum Gasteiger partial charge on any atom is 0.234 e. The van der Waals surface area contributed by atoms with Gasteiger partial charge in [-0.3, -0.25) is 4.79 Å². The highest BCUT2D eigenvalue weighted by Gasteiger charge is 2.18.